The third kappa shape index (κ3) is 1.80. The number of halogens is 2. The van der Waals surface area contributed by atoms with Crippen molar-refractivity contribution in [2.45, 2.75) is 12.0 Å². The van der Waals surface area contributed by atoms with E-state index in [1.807, 2.05) is 13.0 Å². The highest BCUT2D eigenvalue weighted by Gasteiger charge is 2.07. The maximum Gasteiger partial charge on any atom is 0.173 e. The van der Waals surface area contributed by atoms with Gasteiger partial charge in [0, 0.05) is 33.3 Å². The average molecular weight is 326 g/mol. The van der Waals surface area contributed by atoms with Crippen molar-refractivity contribution in [1.29, 1.82) is 0 Å². The molecule has 0 radical (unpaired) electrons. The van der Waals surface area contributed by atoms with E-state index in [2.05, 4.69) is 26.2 Å². The Hall–Kier alpha value is 0.0600. The molecule has 0 aliphatic rings. The molecule has 0 fully saturated rings. The molecular weight excluding hydrogens is 321 g/mol. The van der Waals surface area contributed by atoms with Gasteiger partial charge < -0.3 is 4.42 Å². The first-order valence-corrected chi connectivity index (χ1v) is 7.29. The molecular formula is C8H5ClINOS. The predicted molar refractivity (Wildman–Crippen MR) is 63.6 cm³/mol. The van der Waals surface area contributed by atoms with Crippen molar-refractivity contribution in [3.63, 3.8) is 0 Å². The van der Waals surface area contributed by atoms with Crippen LogP contribution in [0.25, 0.3) is 11.1 Å². The van der Waals surface area contributed by atoms with Gasteiger partial charge in [-0.3, -0.25) is 0 Å². The molecule has 0 aliphatic carbocycles. The lowest BCUT2D eigenvalue weighted by Crippen LogP contribution is -1.80. The number of rotatable bonds is 1. The van der Waals surface area contributed by atoms with E-state index in [4.69, 9.17) is 16.0 Å². The number of fused-ring (bicyclic) bond motifs is 1. The maximum absolute atomic E-state index is 5.91. The summed E-state index contributed by atoms with van der Waals surface area (Å²) in [5.74, 6) is 0. The Labute approximate surface area is 96.6 Å². The van der Waals surface area contributed by atoms with E-state index >= 15 is 0 Å². The second kappa shape index (κ2) is 3.67. The lowest BCUT2D eigenvalue weighted by molar-refractivity contribution is 0.517. The molecule has 2 nitrogen and oxygen atoms in total. The zero-order valence-electron chi connectivity index (χ0n) is 6.67. The summed E-state index contributed by atoms with van der Waals surface area (Å²) in [6, 6.07) is 3.71. The SMILES string of the molecule is Cc1nc2cc(SI)oc2cc1Cl. The Kier molecular flexibility index (Phi) is 2.71. The van der Waals surface area contributed by atoms with Gasteiger partial charge in [0.15, 0.2) is 10.7 Å². The highest BCUT2D eigenvalue weighted by molar-refractivity contribution is 14.2. The molecule has 0 saturated carbocycles. The van der Waals surface area contributed by atoms with Gasteiger partial charge in [0.2, 0.25) is 0 Å². The predicted octanol–water partition coefficient (Wildman–Crippen LogP) is 4.23. The Bertz CT molecular complexity index is 418. The first-order chi connectivity index (χ1) is 6.20. The zero-order valence-corrected chi connectivity index (χ0v) is 10.4. The monoisotopic (exact) mass is 325 g/mol. The Balaban J connectivity index is 2.70. The van der Waals surface area contributed by atoms with Crippen LogP contribution in [-0.4, -0.2) is 4.98 Å². The minimum Gasteiger partial charge on any atom is -0.447 e. The molecule has 0 atom stereocenters. The molecule has 2 rings (SSSR count). The van der Waals surface area contributed by atoms with Gasteiger partial charge in [-0.05, 0) is 15.9 Å². The molecule has 0 aromatic carbocycles. The van der Waals surface area contributed by atoms with Crippen LogP contribution in [-0.2, 0) is 0 Å². The standard InChI is InChI=1S/C8H5ClINOS/c1-4-5(9)2-7-6(11-4)3-8(12-7)13-10/h2-3H,1H3. The number of aromatic nitrogens is 1. The number of nitrogens with zero attached hydrogens (tertiary/aromatic N) is 1. The lowest BCUT2D eigenvalue weighted by Gasteiger charge is -1.94. The Morgan fingerprint density at radius 2 is 2.31 bits per heavy atom. The summed E-state index contributed by atoms with van der Waals surface area (Å²) in [6.45, 7) is 1.88. The quantitative estimate of drug-likeness (QED) is 0.734. The van der Waals surface area contributed by atoms with Gasteiger partial charge in [0.25, 0.3) is 0 Å². The summed E-state index contributed by atoms with van der Waals surface area (Å²) in [7, 11) is 1.53. The molecule has 0 unspecified atom stereocenters. The maximum atomic E-state index is 5.91. The molecule has 0 aliphatic heterocycles. The van der Waals surface area contributed by atoms with Gasteiger partial charge in [0.05, 0.1) is 10.7 Å². The zero-order chi connectivity index (χ0) is 9.42. The van der Waals surface area contributed by atoms with Crippen molar-refractivity contribution in [2.75, 3.05) is 0 Å². The molecule has 0 spiro atoms. The van der Waals surface area contributed by atoms with Crippen LogP contribution in [0.15, 0.2) is 21.6 Å². The van der Waals surface area contributed by atoms with Crippen LogP contribution in [0, 0.1) is 6.92 Å². The largest absolute Gasteiger partial charge is 0.447 e. The summed E-state index contributed by atoms with van der Waals surface area (Å²) in [4.78, 5) is 4.30. The second-order valence-electron chi connectivity index (χ2n) is 2.58. The molecule has 68 valence electrons. The third-order valence-corrected chi connectivity index (χ3v) is 3.72. The summed E-state index contributed by atoms with van der Waals surface area (Å²) >= 11 is 8.08. The van der Waals surface area contributed by atoms with E-state index in [9.17, 15) is 0 Å². The smallest absolute Gasteiger partial charge is 0.173 e. The third-order valence-electron chi connectivity index (χ3n) is 1.69. The highest BCUT2D eigenvalue weighted by atomic mass is 127. The van der Waals surface area contributed by atoms with Crippen LogP contribution in [0.3, 0.4) is 0 Å². The molecule has 2 aromatic heterocycles. The first kappa shape index (κ1) is 9.61. The fourth-order valence-electron chi connectivity index (χ4n) is 1.06. The van der Waals surface area contributed by atoms with Crippen molar-refractivity contribution in [3.8, 4) is 0 Å². The molecule has 2 aromatic rings. The van der Waals surface area contributed by atoms with E-state index < -0.39 is 0 Å². The fourth-order valence-corrected chi connectivity index (χ4v) is 2.13. The van der Waals surface area contributed by atoms with E-state index in [0.29, 0.717) is 5.02 Å². The van der Waals surface area contributed by atoms with E-state index in [-0.39, 0.29) is 0 Å². The number of pyridine rings is 1. The van der Waals surface area contributed by atoms with Crippen LogP contribution in [0.4, 0.5) is 0 Å². The van der Waals surface area contributed by atoms with Gasteiger partial charge in [0.1, 0.15) is 5.52 Å². The molecule has 0 bridgehead atoms. The van der Waals surface area contributed by atoms with Crippen molar-refractivity contribution in [3.05, 3.63) is 22.8 Å². The summed E-state index contributed by atoms with van der Waals surface area (Å²) in [5, 5.41) is 1.50. The van der Waals surface area contributed by atoms with Gasteiger partial charge in [-0.2, -0.15) is 0 Å². The Morgan fingerprint density at radius 3 is 3.00 bits per heavy atom. The number of hydrogen-bond acceptors (Lipinski definition) is 3. The summed E-state index contributed by atoms with van der Waals surface area (Å²) < 4.78 is 5.46. The first-order valence-electron chi connectivity index (χ1n) is 3.56. The van der Waals surface area contributed by atoms with Crippen molar-refractivity contribution in [2.24, 2.45) is 0 Å². The van der Waals surface area contributed by atoms with Gasteiger partial charge in [-0.25, -0.2) is 4.98 Å². The summed E-state index contributed by atoms with van der Waals surface area (Å²) in [6.07, 6.45) is 0. The molecule has 0 saturated heterocycles. The number of hydrogen-bond donors (Lipinski definition) is 0. The van der Waals surface area contributed by atoms with Gasteiger partial charge in [-0.15, -0.1) is 0 Å². The minimum atomic E-state index is 0.645. The molecule has 13 heavy (non-hydrogen) atoms. The van der Waals surface area contributed by atoms with Crippen molar-refractivity contribution >= 4 is 52.8 Å². The van der Waals surface area contributed by atoms with Crippen molar-refractivity contribution in [1.82, 2.24) is 4.98 Å². The molecule has 0 N–H and O–H groups in total. The van der Waals surface area contributed by atoms with E-state index in [1.165, 1.54) is 8.93 Å². The van der Waals surface area contributed by atoms with Crippen LogP contribution in [0.5, 0.6) is 0 Å². The summed E-state index contributed by atoms with van der Waals surface area (Å²) in [5.41, 5.74) is 2.44. The number of aryl methyl sites for hydroxylation is 1. The highest BCUT2D eigenvalue weighted by Crippen LogP contribution is 2.31. The van der Waals surface area contributed by atoms with Crippen LogP contribution >= 0.6 is 41.7 Å². The molecule has 5 heteroatoms. The minimum absolute atomic E-state index is 0.645. The van der Waals surface area contributed by atoms with Crippen LogP contribution in [0.2, 0.25) is 5.02 Å². The van der Waals surface area contributed by atoms with E-state index in [1.54, 1.807) is 6.07 Å². The molecule has 0 amide bonds. The van der Waals surface area contributed by atoms with Crippen LogP contribution in [0.1, 0.15) is 5.69 Å². The Morgan fingerprint density at radius 1 is 1.54 bits per heavy atom. The normalized spacial score (nSPS) is 11.0. The van der Waals surface area contributed by atoms with E-state index in [0.717, 1.165) is 21.9 Å². The second-order valence-corrected chi connectivity index (χ2v) is 4.87. The van der Waals surface area contributed by atoms with Crippen LogP contribution < -0.4 is 0 Å². The van der Waals surface area contributed by atoms with Gasteiger partial charge in [-0.1, -0.05) is 11.6 Å². The molecule has 2 heterocycles. The van der Waals surface area contributed by atoms with Crippen molar-refractivity contribution < 1.29 is 4.42 Å². The number of furan rings is 1. The lowest BCUT2D eigenvalue weighted by atomic mass is 10.3. The fraction of sp³-hybridized carbons (Fsp3) is 0.125. The topological polar surface area (TPSA) is 26.0 Å². The average Bonchev–Trinajstić information content (AvgIpc) is 2.48. The van der Waals surface area contributed by atoms with Gasteiger partial charge >= 0.3 is 0 Å².